The summed E-state index contributed by atoms with van der Waals surface area (Å²) in [5.74, 6) is -0.638. The van der Waals surface area contributed by atoms with Crippen molar-refractivity contribution in [2.24, 2.45) is 5.16 Å². The molecular formula is C15H12BrF2NO2. The lowest BCUT2D eigenvalue weighted by atomic mass is 10.1. The predicted molar refractivity (Wildman–Crippen MR) is 78.8 cm³/mol. The third-order valence-corrected chi connectivity index (χ3v) is 3.26. The topological polar surface area (TPSA) is 41.8 Å². The lowest BCUT2D eigenvalue weighted by Gasteiger charge is -2.11. The van der Waals surface area contributed by atoms with E-state index in [1.807, 2.05) is 0 Å². The second-order valence-corrected chi connectivity index (χ2v) is 5.31. The molecule has 0 radical (unpaired) electrons. The van der Waals surface area contributed by atoms with Gasteiger partial charge in [0.05, 0.1) is 5.71 Å². The van der Waals surface area contributed by atoms with Crippen molar-refractivity contribution in [1.29, 1.82) is 0 Å². The molecule has 0 aromatic heterocycles. The molecule has 2 aromatic rings. The van der Waals surface area contributed by atoms with E-state index in [2.05, 4.69) is 21.1 Å². The Morgan fingerprint density at radius 2 is 1.95 bits per heavy atom. The van der Waals surface area contributed by atoms with Crippen LogP contribution in [0.3, 0.4) is 0 Å². The van der Waals surface area contributed by atoms with Gasteiger partial charge in [0.25, 0.3) is 0 Å². The zero-order valence-electron chi connectivity index (χ0n) is 11.1. The molecule has 6 heteroatoms. The van der Waals surface area contributed by atoms with Crippen LogP contribution in [0.1, 0.15) is 18.1 Å². The SMILES string of the molecule is CC(=NO)c1ccc(F)cc1OCc1cc(F)cc(Br)c1. The third-order valence-electron chi connectivity index (χ3n) is 2.80. The van der Waals surface area contributed by atoms with Gasteiger partial charge < -0.3 is 9.94 Å². The lowest BCUT2D eigenvalue weighted by molar-refractivity contribution is 0.301. The Morgan fingerprint density at radius 3 is 2.62 bits per heavy atom. The fourth-order valence-electron chi connectivity index (χ4n) is 1.82. The molecule has 1 N–H and O–H groups in total. The van der Waals surface area contributed by atoms with E-state index in [0.29, 0.717) is 21.3 Å². The first-order chi connectivity index (χ1) is 9.99. The molecule has 0 aliphatic carbocycles. The van der Waals surface area contributed by atoms with Gasteiger partial charge in [0.1, 0.15) is 24.0 Å². The summed E-state index contributed by atoms with van der Waals surface area (Å²) in [5, 5.41) is 11.9. The summed E-state index contributed by atoms with van der Waals surface area (Å²) >= 11 is 3.19. The molecule has 0 atom stereocenters. The largest absolute Gasteiger partial charge is 0.488 e. The molecule has 21 heavy (non-hydrogen) atoms. The fraction of sp³-hybridized carbons (Fsp3) is 0.133. The van der Waals surface area contributed by atoms with Gasteiger partial charge in [-0.15, -0.1) is 0 Å². The van der Waals surface area contributed by atoms with Crippen LogP contribution in [-0.2, 0) is 6.61 Å². The quantitative estimate of drug-likeness (QED) is 0.498. The molecule has 110 valence electrons. The van der Waals surface area contributed by atoms with Gasteiger partial charge in [0, 0.05) is 16.1 Å². The maximum Gasteiger partial charge on any atom is 0.131 e. The fourth-order valence-corrected chi connectivity index (χ4v) is 2.34. The number of hydrogen-bond acceptors (Lipinski definition) is 3. The highest BCUT2D eigenvalue weighted by atomic mass is 79.9. The Balaban J connectivity index is 2.25. The van der Waals surface area contributed by atoms with Crippen molar-refractivity contribution in [3.05, 3.63) is 63.6 Å². The first-order valence-corrected chi connectivity index (χ1v) is 6.85. The number of rotatable bonds is 4. The predicted octanol–water partition coefficient (Wildman–Crippen LogP) is 4.50. The van der Waals surface area contributed by atoms with Gasteiger partial charge in [-0.1, -0.05) is 21.1 Å². The molecule has 0 saturated heterocycles. The smallest absolute Gasteiger partial charge is 0.131 e. The first kappa shape index (κ1) is 15.4. The molecular weight excluding hydrogens is 344 g/mol. The lowest BCUT2D eigenvalue weighted by Crippen LogP contribution is -2.03. The monoisotopic (exact) mass is 355 g/mol. The van der Waals surface area contributed by atoms with Crippen LogP contribution >= 0.6 is 15.9 Å². The number of nitrogens with zero attached hydrogens (tertiary/aromatic N) is 1. The molecule has 3 nitrogen and oxygen atoms in total. The van der Waals surface area contributed by atoms with Crippen LogP contribution in [0.5, 0.6) is 5.75 Å². The summed E-state index contributed by atoms with van der Waals surface area (Å²) in [6.07, 6.45) is 0. The van der Waals surface area contributed by atoms with Gasteiger partial charge in [0.15, 0.2) is 0 Å². The van der Waals surface area contributed by atoms with E-state index < -0.39 is 11.6 Å². The highest BCUT2D eigenvalue weighted by Gasteiger charge is 2.10. The van der Waals surface area contributed by atoms with E-state index in [4.69, 9.17) is 9.94 Å². The number of ether oxygens (including phenoxy) is 1. The van der Waals surface area contributed by atoms with Crippen molar-refractivity contribution >= 4 is 21.6 Å². The van der Waals surface area contributed by atoms with Gasteiger partial charge in [-0.2, -0.15) is 0 Å². The summed E-state index contributed by atoms with van der Waals surface area (Å²) < 4.78 is 32.7. The Hall–Kier alpha value is -1.95. The highest BCUT2D eigenvalue weighted by molar-refractivity contribution is 9.10. The Bertz CT molecular complexity index is 669. The molecule has 0 unspecified atom stereocenters. The van der Waals surface area contributed by atoms with Crippen LogP contribution in [0.2, 0.25) is 0 Å². The number of hydrogen-bond donors (Lipinski definition) is 1. The molecule has 2 aromatic carbocycles. The van der Waals surface area contributed by atoms with Crippen molar-refractivity contribution in [3.63, 3.8) is 0 Å². The molecule has 0 fully saturated rings. The average molecular weight is 356 g/mol. The van der Waals surface area contributed by atoms with Crippen LogP contribution in [0.25, 0.3) is 0 Å². The second kappa shape index (κ2) is 6.67. The van der Waals surface area contributed by atoms with E-state index in [1.165, 1.54) is 30.3 Å². The van der Waals surface area contributed by atoms with Crippen LogP contribution in [0.15, 0.2) is 46.0 Å². The highest BCUT2D eigenvalue weighted by Crippen LogP contribution is 2.23. The van der Waals surface area contributed by atoms with E-state index in [9.17, 15) is 8.78 Å². The number of benzene rings is 2. The number of oxime groups is 1. The van der Waals surface area contributed by atoms with Crippen molar-refractivity contribution < 1.29 is 18.7 Å². The molecule has 0 heterocycles. The van der Waals surface area contributed by atoms with E-state index in [0.717, 1.165) is 0 Å². The van der Waals surface area contributed by atoms with Gasteiger partial charge in [0.2, 0.25) is 0 Å². The van der Waals surface area contributed by atoms with E-state index >= 15 is 0 Å². The minimum atomic E-state index is -0.472. The zero-order valence-corrected chi connectivity index (χ0v) is 12.7. The normalized spacial score (nSPS) is 11.5. The average Bonchev–Trinajstić information content (AvgIpc) is 2.43. The van der Waals surface area contributed by atoms with Crippen molar-refractivity contribution in [1.82, 2.24) is 0 Å². The molecule has 0 bridgehead atoms. The Morgan fingerprint density at radius 1 is 1.19 bits per heavy atom. The van der Waals surface area contributed by atoms with Gasteiger partial charge in [-0.05, 0) is 42.8 Å². The summed E-state index contributed by atoms with van der Waals surface area (Å²) in [4.78, 5) is 0. The summed E-state index contributed by atoms with van der Waals surface area (Å²) in [5.41, 5.74) is 1.36. The minimum absolute atomic E-state index is 0.0610. The van der Waals surface area contributed by atoms with E-state index in [1.54, 1.807) is 13.0 Å². The van der Waals surface area contributed by atoms with Crippen LogP contribution in [-0.4, -0.2) is 10.9 Å². The maximum absolute atomic E-state index is 13.3. The standard InChI is InChI=1S/C15H12BrF2NO2/c1-9(19-20)14-3-2-12(17)7-15(14)21-8-10-4-11(16)6-13(18)5-10/h2-7,20H,8H2,1H3. The van der Waals surface area contributed by atoms with Crippen molar-refractivity contribution in [2.75, 3.05) is 0 Å². The Labute approximate surface area is 129 Å². The molecule has 0 aliphatic rings. The molecule has 0 amide bonds. The zero-order chi connectivity index (χ0) is 15.4. The van der Waals surface area contributed by atoms with Crippen molar-refractivity contribution in [2.45, 2.75) is 13.5 Å². The summed E-state index contributed by atoms with van der Waals surface area (Å²) in [6, 6.07) is 8.26. The van der Waals surface area contributed by atoms with Gasteiger partial charge >= 0.3 is 0 Å². The van der Waals surface area contributed by atoms with Crippen LogP contribution in [0.4, 0.5) is 8.78 Å². The molecule has 0 spiro atoms. The van der Waals surface area contributed by atoms with E-state index in [-0.39, 0.29) is 12.4 Å². The Kier molecular flexibility index (Phi) is 4.90. The van der Waals surface area contributed by atoms with Crippen LogP contribution < -0.4 is 4.74 Å². The third kappa shape index (κ3) is 4.01. The molecule has 0 aliphatic heterocycles. The second-order valence-electron chi connectivity index (χ2n) is 4.39. The van der Waals surface area contributed by atoms with Crippen LogP contribution in [0, 0.1) is 11.6 Å². The minimum Gasteiger partial charge on any atom is -0.488 e. The van der Waals surface area contributed by atoms with Gasteiger partial charge in [-0.25, -0.2) is 8.78 Å². The number of halogens is 3. The van der Waals surface area contributed by atoms with Crippen molar-refractivity contribution in [3.8, 4) is 5.75 Å². The molecule has 2 rings (SSSR count). The van der Waals surface area contributed by atoms with Gasteiger partial charge in [-0.3, -0.25) is 0 Å². The first-order valence-electron chi connectivity index (χ1n) is 6.06. The summed E-state index contributed by atoms with van der Waals surface area (Å²) in [6.45, 7) is 1.63. The summed E-state index contributed by atoms with van der Waals surface area (Å²) in [7, 11) is 0. The molecule has 0 saturated carbocycles. The maximum atomic E-state index is 13.3.